The second-order valence-corrected chi connectivity index (χ2v) is 4.46. The zero-order chi connectivity index (χ0) is 10.2. The molecular formula is C10H15F3O. The molecule has 1 aliphatic heterocycles. The van der Waals surface area contributed by atoms with Crippen molar-refractivity contribution in [2.75, 3.05) is 6.61 Å². The zero-order valence-corrected chi connectivity index (χ0v) is 8.02. The summed E-state index contributed by atoms with van der Waals surface area (Å²) in [6.07, 6.45) is -1.15. The molecule has 0 spiro atoms. The van der Waals surface area contributed by atoms with Crippen molar-refractivity contribution in [3.8, 4) is 0 Å². The molecule has 0 unspecified atom stereocenters. The highest BCUT2D eigenvalue weighted by molar-refractivity contribution is 4.85. The fourth-order valence-electron chi connectivity index (χ4n) is 2.74. The molecule has 2 rings (SSSR count). The number of halogens is 3. The highest BCUT2D eigenvalue weighted by Crippen LogP contribution is 2.41. The van der Waals surface area contributed by atoms with Crippen molar-refractivity contribution in [2.24, 2.45) is 11.8 Å². The first-order chi connectivity index (χ1) is 6.54. The summed E-state index contributed by atoms with van der Waals surface area (Å²) in [6.45, 7) is 0.744. The number of rotatable bonds is 1. The summed E-state index contributed by atoms with van der Waals surface area (Å²) in [5.41, 5.74) is 0. The van der Waals surface area contributed by atoms with Crippen LogP contribution in [0, 0.1) is 11.8 Å². The topological polar surface area (TPSA) is 9.23 Å². The molecule has 0 radical (unpaired) electrons. The Morgan fingerprint density at radius 1 is 1.14 bits per heavy atom. The van der Waals surface area contributed by atoms with Crippen LogP contribution in [-0.2, 0) is 4.74 Å². The lowest BCUT2D eigenvalue weighted by molar-refractivity contribution is -0.149. The molecule has 0 aromatic rings. The fraction of sp³-hybridized carbons (Fsp3) is 1.00. The van der Waals surface area contributed by atoms with Gasteiger partial charge in [0.05, 0.1) is 6.10 Å². The summed E-state index contributed by atoms with van der Waals surface area (Å²) in [4.78, 5) is 0. The first-order valence-electron chi connectivity index (χ1n) is 5.23. The third-order valence-electron chi connectivity index (χ3n) is 3.36. The Morgan fingerprint density at radius 2 is 1.93 bits per heavy atom. The first-order valence-corrected chi connectivity index (χ1v) is 5.23. The summed E-state index contributed by atoms with van der Waals surface area (Å²) in [6, 6.07) is 0. The molecule has 2 fully saturated rings. The minimum Gasteiger partial charge on any atom is -0.378 e. The van der Waals surface area contributed by atoms with Crippen LogP contribution >= 0.6 is 0 Å². The van der Waals surface area contributed by atoms with Crippen molar-refractivity contribution < 1.29 is 17.9 Å². The standard InChI is InChI=1S/C10H15F3O/c11-10(12,13)6-7-1-2-9-8(5-7)3-4-14-9/h7-9H,1-6H2/t7-,8-,9-/m1/s1. The van der Waals surface area contributed by atoms with Crippen LogP contribution in [0.4, 0.5) is 13.2 Å². The van der Waals surface area contributed by atoms with E-state index in [0.717, 1.165) is 19.4 Å². The van der Waals surface area contributed by atoms with Gasteiger partial charge in [-0.1, -0.05) is 0 Å². The highest BCUT2D eigenvalue weighted by atomic mass is 19.4. The van der Waals surface area contributed by atoms with Gasteiger partial charge in [0.1, 0.15) is 0 Å². The molecule has 0 aromatic heterocycles. The van der Waals surface area contributed by atoms with E-state index >= 15 is 0 Å². The van der Waals surface area contributed by atoms with Crippen LogP contribution in [0.15, 0.2) is 0 Å². The maximum absolute atomic E-state index is 12.2. The van der Waals surface area contributed by atoms with Crippen LogP contribution in [0.5, 0.6) is 0 Å². The molecule has 2 aliphatic rings. The molecule has 82 valence electrons. The zero-order valence-electron chi connectivity index (χ0n) is 8.02. The van der Waals surface area contributed by atoms with Crippen LogP contribution in [0.3, 0.4) is 0 Å². The Labute approximate surface area is 81.6 Å². The molecule has 1 aliphatic carbocycles. The minimum atomic E-state index is -3.99. The van der Waals surface area contributed by atoms with Gasteiger partial charge in [0, 0.05) is 13.0 Å². The van der Waals surface area contributed by atoms with Crippen LogP contribution in [-0.4, -0.2) is 18.9 Å². The fourth-order valence-corrected chi connectivity index (χ4v) is 2.74. The number of ether oxygens (including phenoxy) is 1. The molecule has 0 aromatic carbocycles. The lowest BCUT2D eigenvalue weighted by atomic mass is 9.78. The van der Waals surface area contributed by atoms with Crippen molar-refractivity contribution in [2.45, 2.75) is 44.4 Å². The third-order valence-corrected chi connectivity index (χ3v) is 3.36. The lowest BCUT2D eigenvalue weighted by Crippen LogP contribution is -2.28. The number of hydrogen-bond acceptors (Lipinski definition) is 1. The largest absolute Gasteiger partial charge is 0.389 e. The second kappa shape index (κ2) is 3.72. The van der Waals surface area contributed by atoms with Crippen LogP contribution < -0.4 is 0 Å². The quantitative estimate of drug-likeness (QED) is 0.643. The summed E-state index contributed by atoms with van der Waals surface area (Å²) < 4.78 is 41.9. The van der Waals surface area contributed by atoms with E-state index in [1.807, 2.05) is 0 Å². The van der Waals surface area contributed by atoms with Gasteiger partial charge >= 0.3 is 6.18 Å². The van der Waals surface area contributed by atoms with Crippen LogP contribution in [0.1, 0.15) is 32.1 Å². The van der Waals surface area contributed by atoms with E-state index in [9.17, 15) is 13.2 Å². The van der Waals surface area contributed by atoms with E-state index in [4.69, 9.17) is 4.74 Å². The summed E-state index contributed by atoms with van der Waals surface area (Å²) in [5, 5.41) is 0. The highest BCUT2D eigenvalue weighted by Gasteiger charge is 2.39. The monoisotopic (exact) mass is 208 g/mol. The van der Waals surface area contributed by atoms with E-state index in [-0.39, 0.29) is 12.0 Å². The van der Waals surface area contributed by atoms with Crippen LogP contribution in [0.25, 0.3) is 0 Å². The van der Waals surface area contributed by atoms with Gasteiger partial charge in [-0.3, -0.25) is 0 Å². The van der Waals surface area contributed by atoms with E-state index in [0.29, 0.717) is 18.8 Å². The first kappa shape index (κ1) is 10.3. The number of hydrogen-bond donors (Lipinski definition) is 0. The van der Waals surface area contributed by atoms with Gasteiger partial charge in [0.2, 0.25) is 0 Å². The van der Waals surface area contributed by atoms with Gasteiger partial charge in [-0.05, 0) is 37.5 Å². The average molecular weight is 208 g/mol. The molecule has 4 heteroatoms. The summed E-state index contributed by atoms with van der Waals surface area (Å²) in [7, 11) is 0. The maximum atomic E-state index is 12.2. The van der Waals surface area contributed by atoms with Gasteiger partial charge in [-0.25, -0.2) is 0 Å². The van der Waals surface area contributed by atoms with Crippen molar-refractivity contribution in [1.29, 1.82) is 0 Å². The predicted octanol–water partition coefficient (Wildman–Crippen LogP) is 3.14. The maximum Gasteiger partial charge on any atom is 0.389 e. The van der Waals surface area contributed by atoms with E-state index in [1.54, 1.807) is 0 Å². The Balaban J connectivity index is 1.85. The Kier molecular flexibility index (Phi) is 2.73. The van der Waals surface area contributed by atoms with Crippen molar-refractivity contribution in [3.63, 3.8) is 0 Å². The molecular weight excluding hydrogens is 193 g/mol. The van der Waals surface area contributed by atoms with Gasteiger partial charge in [-0.15, -0.1) is 0 Å². The second-order valence-electron chi connectivity index (χ2n) is 4.46. The van der Waals surface area contributed by atoms with Crippen molar-refractivity contribution in [1.82, 2.24) is 0 Å². The molecule has 1 saturated carbocycles. The lowest BCUT2D eigenvalue weighted by Gasteiger charge is -2.31. The van der Waals surface area contributed by atoms with E-state index < -0.39 is 12.6 Å². The SMILES string of the molecule is FC(F)(F)C[C@@H]1CC[C@H]2OCC[C@@H]2C1. The third kappa shape index (κ3) is 2.41. The molecule has 14 heavy (non-hydrogen) atoms. The number of alkyl halides is 3. The molecule has 0 amide bonds. The molecule has 1 nitrogen and oxygen atoms in total. The average Bonchev–Trinajstić information content (AvgIpc) is 2.47. The Bertz CT molecular complexity index is 202. The smallest absolute Gasteiger partial charge is 0.378 e. The summed E-state index contributed by atoms with van der Waals surface area (Å²) >= 11 is 0. The summed E-state index contributed by atoms with van der Waals surface area (Å²) in [5.74, 6) is 0.244. The Hall–Kier alpha value is -0.250. The molecule has 1 heterocycles. The normalized spacial score (nSPS) is 38.4. The molecule has 0 bridgehead atoms. The van der Waals surface area contributed by atoms with E-state index in [2.05, 4.69) is 0 Å². The number of fused-ring (bicyclic) bond motifs is 1. The Morgan fingerprint density at radius 3 is 2.64 bits per heavy atom. The molecule has 3 atom stereocenters. The van der Waals surface area contributed by atoms with Crippen LogP contribution in [0.2, 0.25) is 0 Å². The van der Waals surface area contributed by atoms with Crippen molar-refractivity contribution >= 4 is 0 Å². The van der Waals surface area contributed by atoms with Gasteiger partial charge in [0.25, 0.3) is 0 Å². The van der Waals surface area contributed by atoms with E-state index in [1.165, 1.54) is 0 Å². The van der Waals surface area contributed by atoms with Gasteiger partial charge in [-0.2, -0.15) is 13.2 Å². The minimum absolute atomic E-state index is 0.155. The molecule has 1 saturated heterocycles. The molecule has 0 N–H and O–H groups in total. The van der Waals surface area contributed by atoms with Gasteiger partial charge < -0.3 is 4.74 Å². The van der Waals surface area contributed by atoms with Crippen molar-refractivity contribution in [3.05, 3.63) is 0 Å². The van der Waals surface area contributed by atoms with Gasteiger partial charge in [0.15, 0.2) is 0 Å². The predicted molar refractivity (Wildman–Crippen MR) is 45.9 cm³/mol.